The maximum Gasteiger partial charge on any atom is 0.338 e. The van der Waals surface area contributed by atoms with Crippen molar-refractivity contribution in [3.8, 4) is 5.88 Å². The van der Waals surface area contributed by atoms with Crippen LogP contribution in [0, 0.1) is 5.92 Å². The van der Waals surface area contributed by atoms with E-state index >= 15 is 0 Å². The Morgan fingerprint density at radius 3 is 2.36 bits per heavy atom. The molecule has 1 atom stereocenters. The SMILES string of the molecule is CCOC(=O)CCCCC(/C=C/c1cccnc1OCCCCCc1ccccc1)Cc1ccc(C(=O)OCC)cc1. The number of unbranched alkanes of at least 4 members (excludes halogenated alkanes) is 3. The molecule has 0 bridgehead atoms. The minimum atomic E-state index is -0.306. The average molecular weight is 572 g/mol. The van der Waals surface area contributed by atoms with Crippen molar-refractivity contribution >= 4 is 18.0 Å². The Hall–Kier alpha value is -3.93. The Kier molecular flexibility index (Phi) is 14.9. The second-order valence-corrected chi connectivity index (χ2v) is 10.3. The lowest BCUT2D eigenvalue weighted by molar-refractivity contribution is -0.143. The molecule has 0 aliphatic carbocycles. The van der Waals surface area contributed by atoms with Gasteiger partial charge in [0.1, 0.15) is 0 Å². The van der Waals surface area contributed by atoms with Gasteiger partial charge < -0.3 is 14.2 Å². The van der Waals surface area contributed by atoms with Crippen LogP contribution in [0.3, 0.4) is 0 Å². The van der Waals surface area contributed by atoms with E-state index < -0.39 is 0 Å². The first-order valence-corrected chi connectivity index (χ1v) is 15.3. The Labute approximate surface area is 251 Å². The van der Waals surface area contributed by atoms with Crippen molar-refractivity contribution in [3.63, 3.8) is 0 Å². The summed E-state index contributed by atoms with van der Waals surface area (Å²) in [7, 11) is 0. The van der Waals surface area contributed by atoms with Crippen LogP contribution in [-0.4, -0.2) is 36.7 Å². The summed E-state index contributed by atoms with van der Waals surface area (Å²) in [6.07, 6.45) is 14.3. The number of esters is 2. The number of nitrogens with zero attached hydrogens (tertiary/aromatic N) is 1. The number of hydrogen-bond acceptors (Lipinski definition) is 6. The van der Waals surface area contributed by atoms with Gasteiger partial charge in [-0.25, -0.2) is 9.78 Å². The molecule has 0 spiro atoms. The summed E-state index contributed by atoms with van der Waals surface area (Å²) < 4.78 is 16.3. The van der Waals surface area contributed by atoms with E-state index in [1.165, 1.54) is 5.56 Å². The van der Waals surface area contributed by atoms with E-state index in [4.69, 9.17) is 14.2 Å². The minimum Gasteiger partial charge on any atom is -0.477 e. The zero-order chi connectivity index (χ0) is 29.8. The van der Waals surface area contributed by atoms with E-state index in [0.29, 0.717) is 37.7 Å². The van der Waals surface area contributed by atoms with Crippen LogP contribution in [0.2, 0.25) is 0 Å². The molecule has 0 aliphatic heterocycles. The van der Waals surface area contributed by atoms with Crippen molar-refractivity contribution < 1.29 is 23.8 Å². The molecule has 0 fully saturated rings. The topological polar surface area (TPSA) is 74.7 Å². The van der Waals surface area contributed by atoms with Gasteiger partial charge in [-0.15, -0.1) is 0 Å². The zero-order valence-electron chi connectivity index (χ0n) is 25.1. The number of benzene rings is 2. The van der Waals surface area contributed by atoms with E-state index in [2.05, 4.69) is 47.5 Å². The molecule has 1 unspecified atom stereocenters. The normalized spacial score (nSPS) is 11.8. The Morgan fingerprint density at radius 2 is 1.60 bits per heavy atom. The lowest BCUT2D eigenvalue weighted by Gasteiger charge is -2.14. The average Bonchev–Trinajstić information content (AvgIpc) is 3.01. The Morgan fingerprint density at radius 1 is 0.810 bits per heavy atom. The summed E-state index contributed by atoms with van der Waals surface area (Å²) in [5.41, 5.74) is 4.03. The molecule has 2 aromatic carbocycles. The molecule has 1 aromatic heterocycles. The molecule has 6 heteroatoms. The molecule has 0 N–H and O–H groups in total. The number of rotatable bonds is 19. The number of carbonyl (C=O) groups excluding carboxylic acids is 2. The summed E-state index contributed by atoms with van der Waals surface area (Å²) in [5, 5.41) is 0. The number of aromatic nitrogens is 1. The second-order valence-electron chi connectivity index (χ2n) is 10.3. The highest BCUT2D eigenvalue weighted by Crippen LogP contribution is 2.23. The van der Waals surface area contributed by atoms with E-state index in [9.17, 15) is 9.59 Å². The number of allylic oxidation sites excluding steroid dienone is 1. The van der Waals surface area contributed by atoms with Crippen molar-refractivity contribution in [2.45, 2.75) is 71.6 Å². The van der Waals surface area contributed by atoms with Crippen LogP contribution in [0.5, 0.6) is 5.88 Å². The van der Waals surface area contributed by atoms with Gasteiger partial charge in [-0.05, 0) is 100 Å². The van der Waals surface area contributed by atoms with Crippen LogP contribution >= 0.6 is 0 Å². The fourth-order valence-corrected chi connectivity index (χ4v) is 4.78. The molecule has 42 heavy (non-hydrogen) atoms. The molecule has 0 saturated heterocycles. The summed E-state index contributed by atoms with van der Waals surface area (Å²) in [4.78, 5) is 28.3. The third-order valence-electron chi connectivity index (χ3n) is 7.01. The molecule has 1 heterocycles. The van der Waals surface area contributed by atoms with E-state index in [1.54, 1.807) is 13.1 Å². The van der Waals surface area contributed by atoms with Crippen LogP contribution in [0.25, 0.3) is 6.08 Å². The number of pyridine rings is 1. The van der Waals surface area contributed by atoms with Crippen molar-refractivity contribution in [1.82, 2.24) is 4.98 Å². The second kappa shape index (κ2) is 19.2. The van der Waals surface area contributed by atoms with Gasteiger partial charge in [-0.2, -0.15) is 0 Å². The summed E-state index contributed by atoms with van der Waals surface area (Å²) in [6, 6.07) is 22.2. The van der Waals surface area contributed by atoms with Gasteiger partial charge in [0.05, 0.1) is 25.4 Å². The monoisotopic (exact) mass is 571 g/mol. The van der Waals surface area contributed by atoms with Gasteiger partial charge in [-0.1, -0.05) is 61.0 Å². The van der Waals surface area contributed by atoms with E-state index in [1.807, 2.05) is 43.3 Å². The zero-order valence-corrected chi connectivity index (χ0v) is 25.1. The maximum absolute atomic E-state index is 12.0. The van der Waals surface area contributed by atoms with Crippen LogP contribution in [0.4, 0.5) is 0 Å². The molecule has 0 aliphatic rings. The van der Waals surface area contributed by atoms with Crippen molar-refractivity contribution in [1.29, 1.82) is 0 Å². The highest BCUT2D eigenvalue weighted by molar-refractivity contribution is 5.89. The fourth-order valence-electron chi connectivity index (χ4n) is 4.78. The Bertz CT molecular complexity index is 1220. The molecule has 3 aromatic rings. The van der Waals surface area contributed by atoms with Crippen LogP contribution < -0.4 is 4.74 Å². The first kappa shape index (κ1) is 32.6. The number of aryl methyl sites for hydroxylation is 1. The highest BCUT2D eigenvalue weighted by atomic mass is 16.5. The number of carbonyl (C=O) groups is 2. The molecule has 224 valence electrons. The summed E-state index contributed by atoms with van der Waals surface area (Å²) in [6.45, 7) is 5.03. The largest absolute Gasteiger partial charge is 0.477 e. The first-order chi connectivity index (χ1) is 20.6. The van der Waals surface area contributed by atoms with Gasteiger partial charge in [0.2, 0.25) is 5.88 Å². The first-order valence-electron chi connectivity index (χ1n) is 15.3. The quantitative estimate of drug-likeness (QED) is 0.107. The number of ether oxygens (including phenoxy) is 3. The Balaban J connectivity index is 1.57. The van der Waals surface area contributed by atoms with Crippen LogP contribution in [0.1, 0.15) is 85.8 Å². The molecular formula is C36H45NO5. The predicted octanol–water partition coefficient (Wildman–Crippen LogP) is 8.05. The fraction of sp³-hybridized carbons (Fsp3) is 0.417. The lowest BCUT2D eigenvalue weighted by Crippen LogP contribution is -2.07. The molecule has 3 rings (SSSR count). The highest BCUT2D eigenvalue weighted by Gasteiger charge is 2.11. The van der Waals surface area contributed by atoms with Crippen molar-refractivity contribution in [2.24, 2.45) is 5.92 Å². The van der Waals surface area contributed by atoms with E-state index in [0.717, 1.165) is 62.5 Å². The summed E-state index contributed by atoms with van der Waals surface area (Å²) in [5.74, 6) is 0.444. The number of hydrogen-bond donors (Lipinski definition) is 0. The predicted molar refractivity (Wildman–Crippen MR) is 167 cm³/mol. The van der Waals surface area contributed by atoms with E-state index in [-0.39, 0.29) is 17.9 Å². The third kappa shape index (κ3) is 12.3. The summed E-state index contributed by atoms with van der Waals surface area (Å²) >= 11 is 0. The lowest BCUT2D eigenvalue weighted by atomic mass is 9.92. The smallest absolute Gasteiger partial charge is 0.338 e. The molecular weight excluding hydrogens is 526 g/mol. The van der Waals surface area contributed by atoms with Gasteiger partial charge in [-0.3, -0.25) is 4.79 Å². The van der Waals surface area contributed by atoms with Crippen molar-refractivity contribution in [2.75, 3.05) is 19.8 Å². The van der Waals surface area contributed by atoms with Crippen LogP contribution in [-0.2, 0) is 27.1 Å². The maximum atomic E-state index is 12.0. The molecule has 6 nitrogen and oxygen atoms in total. The van der Waals surface area contributed by atoms with Crippen LogP contribution in [0.15, 0.2) is 79.0 Å². The molecule has 0 amide bonds. The van der Waals surface area contributed by atoms with Gasteiger partial charge in [0, 0.05) is 18.2 Å². The third-order valence-corrected chi connectivity index (χ3v) is 7.01. The van der Waals surface area contributed by atoms with Gasteiger partial charge >= 0.3 is 11.9 Å². The molecule has 0 radical (unpaired) electrons. The minimum absolute atomic E-state index is 0.142. The standard InChI is InChI=1S/C36H45NO5/c1-3-40-34(38)19-11-10-17-30(28-31-21-24-33(25-22-31)36(39)41-4-2)20-23-32-18-13-26-37-35(32)42-27-12-6-9-16-29-14-7-5-8-15-29/h5,7-8,13-15,18,20-26,30H,3-4,6,9-12,16-17,19,27-28H2,1-2H3/b23-20+. The van der Waals surface area contributed by atoms with Gasteiger partial charge in [0.15, 0.2) is 0 Å². The van der Waals surface area contributed by atoms with Crippen molar-refractivity contribution in [3.05, 3.63) is 101 Å². The molecule has 0 saturated carbocycles. The van der Waals surface area contributed by atoms with Gasteiger partial charge in [0.25, 0.3) is 0 Å².